The summed E-state index contributed by atoms with van der Waals surface area (Å²) in [4.78, 5) is 10.8. The first-order valence-corrected chi connectivity index (χ1v) is 7.89. The highest BCUT2D eigenvalue weighted by atomic mass is 32.2. The summed E-state index contributed by atoms with van der Waals surface area (Å²) in [7, 11) is -3.68. The molecule has 0 radical (unpaired) electrons. The van der Waals surface area contributed by atoms with E-state index in [1.54, 1.807) is 0 Å². The number of aliphatic hydroxyl groups excluding tert-OH is 1. The first-order valence-electron chi connectivity index (χ1n) is 6.40. The molecule has 110 valence electrons. The van der Waals surface area contributed by atoms with Gasteiger partial charge in [0.2, 0.25) is 10.0 Å². The topological polar surface area (TPSA) is 104 Å². The zero-order valence-corrected chi connectivity index (χ0v) is 11.6. The monoisotopic (exact) mass is 299 g/mol. The number of nitrogens with one attached hydrogen (secondary N) is 1. The van der Waals surface area contributed by atoms with Crippen LogP contribution in [0.5, 0.6) is 0 Å². The summed E-state index contributed by atoms with van der Waals surface area (Å²) in [5, 5.41) is 18.0. The van der Waals surface area contributed by atoms with Crippen molar-refractivity contribution >= 4 is 16.0 Å². The van der Waals surface area contributed by atoms with Gasteiger partial charge in [0.05, 0.1) is 10.5 Å². The minimum atomic E-state index is -3.68. The van der Waals surface area contributed by atoms with Crippen LogP contribution in [-0.4, -0.2) is 37.2 Å². The zero-order valence-electron chi connectivity index (χ0n) is 10.8. The predicted octanol–water partition coefficient (Wildman–Crippen LogP) is 0.824. The van der Waals surface area contributed by atoms with Gasteiger partial charge in [0.25, 0.3) is 0 Å². The molecule has 1 saturated carbocycles. The predicted molar refractivity (Wildman–Crippen MR) is 71.9 cm³/mol. The highest BCUT2D eigenvalue weighted by molar-refractivity contribution is 7.89. The third-order valence-electron chi connectivity index (χ3n) is 3.61. The van der Waals surface area contributed by atoms with Crippen molar-refractivity contribution in [3.05, 3.63) is 29.8 Å². The Balaban J connectivity index is 2.15. The van der Waals surface area contributed by atoms with E-state index in [0.29, 0.717) is 6.42 Å². The quantitative estimate of drug-likeness (QED) is 0.747. The summed E-state index contributed by atoms with van der Waals surface area (Å²) < 4.78 is 27.0. The molecule has 0 spiro atoms. The van der Waals surface area contributed by atoms with Crippen LogP contribution in [0, 0.1) is 5.92 Å². The summed E-state index contributed by atoms with van der Waals surface area (Å²) in [6.07, 6.45) is 2.40. The standard InChI is InChI=1S/C13H17NO5S/c15-8-10-2-1-3-12(10)14-20(18,19)11-6-4-9(5-7-11)13(16)17/h4-7,10,12,14-15H,1-3,8H2,(H,16,17). The van der Waals surface area contributed by atoms with Crippen LogP contribution in [0.3, 0.4) is 0 Å². The van der Waals surface area contributed by atoms with Crippen molar-refractivity contribution < 1.29 is 23.4 Å². The number of carboxylic acid groups (broad SMARTS) is 1. The van der Waals surface area contributed by atoms with Crippen molar-refractivity contribution in [3.63, 3.8) is 0 Å². The summed E-state index contributed by atoms with van der Waals surface area (Å²) >= 11 is 0. The summed E-state index contributed by atoms with van der Waals surface area (Å²) in [5.74, 6) is -1.15. The molecule has 2 unspecified atom stereocenters. The average molecular weight is 299 g/mol. The number of benzene rings is 1. The highest BCUT2D eigenvalue weighted by Gasteiger charge is 2.30. The molecule has 3 N–H and O–H groups in total. The third-order valence-corrected chi connectivity index (χ3v) is 5.12. The van der Waals surface area contributed by atoms with Crippen molar-refractivity contribution in [3.8, 4) is 0 Å². The van der Waals surface area contributed by atoms with E-state index in [0.717, 1.165) is 12.8 Å². The summed E-state index contributed by atoms with van der Waals surface area (Å²) in [5.41, 5.74) is 0.0399. The van der Waals surface area contributed by atoms with Gasteiger partial charge < -0.3 is 10.2 Å². The molecular weight excluding hydrogens is 282 g/mol. The number of sulfonamides is 1. The molecule has 0 saturated heterocycles. The molecule has 1 aromatic carbocycles. The van der Waals surface area contributed by atoms with Gasteiger partial charge in [-0.15, -0.1) is 0 Å². The van der Waals surface area contributed by atoms with Crippen molar-refractivity contribution in [1.29, 1.82) is 0 Å². The van der Waals surface area contributed by atoms with E-state index >= 15 is 0 Å². The highest BCUT2D eigenvalue weighted by Crippen LogP contribution is 2.26. The van der Waals surface area contributed by atoms with Crippen LogP contribution < -0.4 is 4.72 Å². The molecule has 1 aliphatic rings. The molecule has 1 aromatic rings. The lowest BCUT2D eigenvalue weighted by molar-refractivity contribution is 0.0696. The van der Waals surface area contributed by atoms with Crippen molar-refractivity contribution in [1.82, 2.24) is 4.72 Å². The molecule has 1 fully saturated rings. The second-order valence-corrected chi connectivity index (χ2v) is 6.64. The van der Waals surface area contributed by atoms with E-state index < -0.39 is 16.0 Å². The van der Waals surface area contributed by atoms with E-state index in [1.807, 2.05) is 0 Å². The number of hydrogen-bond acceptors (Lipinski definition) is 4. The summed E-state index contributed by atoms with van der Waals surface area (Å²) in [6.45, 7) is -0.0366. The average Bonchev–Trinajstić information content (AvgIpc) is 2.85. The molecule has 2 rings (SSSR count). The fourth-order valence-corrected chi connectivity index (χ4v) is 3.79. The number of carbonyl (C=O) groups is 1. The molecule has 20 heavy (non-hydrogen) atoms. The van der Waals surface area contributed by atoms with E-state index in [-0.39, 0.29) is 29.0 Å². The Morgan fingerprint density at radius 2 is 1.90 bits per heavy atom. The number of aliphatic hydroxyl groups is 1. The van der Waals surface area contributed by atoms with Gasteiger partial charge >= 0.3 is 5.97 Å². The Morgan fingerprint density at radius 1 is 1.25 bits per heavy atom. The minimum Gasteiger partial charge on any atom is -0.478 e. The molecule has 0 aromatic heterocycles. The largest absolute Gasteiger partial charge is 0.478 e. The molecule has 0 heterocycles. The Morgan fingerprint density at radius 3 is 2.45 bits per heavy atom. The Labute approximate surface area is 117 Å². The second-order valence-electron chi connectivity index (χ2n) is 4.93. The Kier molecular flexibility index (Phi) is 4.42. The van der Waals surface area contributed by atoms with Crippen LogP contribution >= 0.6 is 0 Å². The van der Waals surface area contributed by atoms with Crippen LogP contribution in [0.25, 0.3) is 0 Å². The van der Waals surface area contributed by atoms with Crippen LogP contribution in [0.15, 0.2) is 29.2 Å². The van der Waals surface area contributed by atoms with Crippen LogP contribution in [-0.2, 0) is 10.0 Å². The van der Waals surface area contributed by atoms with Crippen LogP contribution in [0.1, 0.15) is 29.6 Å². The normalized spacial score (nSPS) is 22.9. The number of rotatable bonds is 5. The smallest absolute Gasteiger partial charge is 0.335 e. The van der Waals surface area contributed by atoms with Gasteiger partial charge in [0.15, 0.2) is 0 Å². The van der Waals surface area contributed by atoms with Gasteiger partial charge in [-0.2, -0.15) is 0 Å². The molecule has 2 atom stereocenters. The summed E-state index contributed by atoms with van der Waals surface area (Å²) in [6, 6.07) is 4.80. The van der Waals surface area contributed by atoms with Gasteiger partial charge in [-0.1, -0.05) is 6.42 Å². The maximum Gasteiger partial charge on any atom is 0.335 e. The SMILES string of the molecule is O=C(O)c1ccc(S(=O)(=O)NC2CCCC2CO)cc1. The lowest BCUT2D eigenvalue weighted by Gasteiger charge is -2.19. The number of carboxylic acids is 1. The van der Waals surface area contributed by atoms with E-state index in [4.69, 9.17) is 5.11 Å². The van der Waals surface area contributed by atoms with Crippen LogP contribution in [0.4, 0.5) is 0 Å². The van der Waals surface area contributed by atoms with Crippen molar-refractivity contribution in [2.75, 3.05) is 6.61 Å². The molecule has 0 aliphatic heterocycles. The molecule has 0 bridgehead atoms. The van der Waals surface area contributed by atoms with Gasteiger partial charge in [-0.05, 0) is 43.0 Å². The first kappa shape index (κ1) is 15.0. The van der Waals surface area contributed by atoms with E-state index in [9.17, 15) is 18.3 Å². The Hall–Kier alpha value is -1.44. The van der Waals surface area contributed by atoms with Crippen LogP contribution in [0.2, 0.25) is 0 Å². The van der Waals surface area contributed by atoms with E-state index in [2.05, 4.69) is 4.72 Å². The van der Waals surface area contributed by atoms with Crippen molar-refractivity contribution in [2.45, 2.75) is 30.2 Å². The fraction of sp³-hybridized carbons (Fsp3) is 0.462. The van der Waals surface area contributed by atoms with Gasteiger partial charge in [0, 0.05) is 12.6 Å². The molecule has 7 heteroatoms. The Bertz CT molecular complexity index is 581. The minimum absolute atomic E-state index is 0.0334. The number of aromatic carboxylic acids is 1. The molecular formula is C13H17NO5S. The van der Waals surface area contributed by atoms with Gasteiger partial charge in [-0.3, -0.25) is 0 Å². The lowest BCUT2D eigenvalue weighted by atomic mass is 10.1. The third kappa shape index (κ3) is 3.17. The molecule has 1 aliphatic carbocycles. The molecule has 6 nitrogen and oxygen atoms in total. The van der Waals surface area contributed by atoms with Gasteiger partial charge in [-0.25, -0.2) is 17.9 Å². The maximum absolute atomic E-state index is 12.2. The molecule has 0 amide bonds. The van der Waals surface area contributed by atoms with E-state index in [1.165, 1.54) is 24.3 Å². The number of hydrogen-bond donors (Lipinski definition) is 3. The zero-order chi connectivity index (χ0) is 14.8. The van der Waals surface area contributed by atoms with Gasteiger partial charge in [0.1, 0.15) is 0 Å². The second kappa shape index (κ2) is 5.90. The lowest BCUT2D eigenvalue weighted by Crippen LogP contribution is -2.38. The first-order chi connectivity index (χ1) is 9.44. The fourth-order valence-electron chi connectivity index (χ4n) is 2.45. The maximum atomic E-state index is 12.2. The van der Waals surface area contributed by atoms with Crippen molar-refractivity contribution in [2.24, 2.45) is 5.92 Å².